The van der Waals surface area contributed by atoms with E-state index in [1.807, 2.05) is 0 Å². The minimum Gasteiger partial charge on any atom is -0.564 e. The fourth-order valence-electron chi connectivity index (χ4n) is 0. The fraction of sp³-hybridized carbons (Fsp3) is 1.00. The van der Waals surface area contributed by atoms with Crippen LogP contribution >= 0.6 is 0 Å². The molecular weight excluding hydrogens is 161 g/mol. The molecule has 0 aromatic heterocycles. The van der Waals surface area contributed by atoms with E-state index in [1.54, 1.807) is 0 Å². The molecule has 8 heavy (non-hydrogen) atoms. The van der Waals surface area contributed by atoms with Gasteiger partial charge in [-0.25, -0.2) is 8.42 Å². The van der Waals surface area contributed by atoms with Crippen LogP contribution in [0.1, 0.15) is 0 Å². The van der Waals surface area contributed by atoms with Crippen LogP contribution in [-0.4, -0.2) is 25.6 Å². The Bertz CT molecular complexity index is 99.2. The molecule has 0 atom stereocenters. The smallest absolute Gasteiger partial charge is 0.564 e. The van der Waals surface area contributed by atoms with E-state index < -0.39 is 10.0 Å². The van der Waals surface area contributed by atoms with E-state index in [2.05, 4.69) is 0 Å². The summed E-state index contributed by atoms with van der Waals surface area (Å²) in [5, 5.41) is 5.91. The largest absolute Gasteiger partial charge is 1.00 e. The first-order valence-corrected chi connectivity index (χ1v) is 2.84. The van der Waals surface area contributed by atoms with Crippen LogP contribution in [0.5, 0.6) is 0 Å². The molecule has 5 N–H and O–H groups in total. The third-order valence-corrected chi connectivity index (χ3v) is 0. The number of hydrogen-bond acceptors (Lipinski definition) is 2. The first kappa shape index (κ1) is 22.7. The Hall–Kier alpha value is 1.47. The van der Waals surface area contributed by atoms with Gasteiger partial charge in [0.15, 0.2) is 0 Å². The van der Waals surface area contributed by atoms with Crippen molar-refractivity contribution in [3.05, 3.63) is 5.14 Å². The summed E-state index contributed by atoms with van der Waals surface area (Å²) in [5.74, 6) is 0. The van der Waals surface area contributed by atoms with Crippen molar-refractivity contribution in [1.29, 1.82) is 0 Å². The molecule has 0 radical (unpaired) electrons. The van der Waals surface area contributed by atoms with Gasteiger partial charge in [-0.2, -0.15) is 0 Å². The van der Waals surface area contributed by atoms with Gasteiger partial charge >= 0.3 is 51.4 Å². The second kappa shape index (κ2) is 8.47. The monoisotopic (exact) mass is 169 g/mol. The van der Waals surface area contributed by atoms with Gasteiger partial charge in [0.1, 0.15) is 0 Å². The van der Waals surface area contributed by atoms with Gasteiger partial charge in [-0.15, -0.1) is 0 Å². The molecule has 0 saturated heterocycles. The minimum absolute atomic E-state index is 0. The van der Waals surface area contributed by atoms with Crippen molar-refractivity contribution >= 4 is 10.0 Å². The molecule has 5 nitrogen and oxygen atoms in total. The summed E-state index contributed by atoms with van der Waals surface area (Å²) >= 11 is 0. The van der Waals surface area contributed by atoms with Crippen LogP contribution in [0.3, 0.4) is 0 Å². The predicted octanol–water partition coefficient (Wildman–Crippen LogP) is -4.65. The number of sulfonamides is 1. The molecule has 0 unspecified atom stereocenters. The van der Waals surface area contributed by atoms with Crippen molar-refractivity contribution in [2.24, 2.45) is 0 Å². The van der Waals surface area contributed by atoms with Crippen LogP contribution in [0.25, 0.3) is 5.14 Å². The summed E-state index contributed by atoms with van der Waals surface area (Å²) in [5.41, 5.74) is 0. The van der Waals surface area contributed by atoms with Gasteiger partial charge in [-0.3, -0.25) is 0 Å². The van der Waals surface area contributed by atoms with E-state index in [0.717, 1.165) is 6.26 Å². The molecule has 0 aliphatic rings. The summed E-state index contributed by atoms with van der Waals surface area (Å²) in [7, 11) is -3.42. The molecule has 48 valence electrons. The Morgan fingerprint density at radius 1 is 1.25 bits per heavy atom. The maximum absolute atomic E-state index is 9.30. The molecule has 0 bridgehead atoms. The summed E-state index contributed by atoms with van der Waals surface area (Å²) in [6.07, 6.45) is 0.826. The summed E-state index contributed by atoms with van der Waals surface area (Å²) in [6, 6.07) is 0. The van der Waals surface area contributed by atoms with Crippen LogP contribution in [-0.2, 0) is 10.0 Å². The topological polar surface area (TPSA) is 121 Å². The number of rotatable bonds is 0. The zero-order valence-corrected chi connectivity index (χ0v) is 8.66. The summed E-state index contributed by atoms with van der Waals surface area (Å²) in [4.78, 5) is 0. The van der Waals surface area contributed by atoms with Gasteiger partial charge in [0.25, 0.3) is 0 Å². The van der Waals surface area contributed by atoms with E-state index in [1.165, 1.54) is 0 Å². The molecular formula is CH8KNO4S. The average molecular weight is 169 g/mol. The zero-order chi connectivity index (χ0) is 4.50. The van der Waals surface area contributed by atoms with E-state index in [4.69, 9.17) is 5.14 Å². The van der Waals surface area contributed by atoms with Crippen LogP contribution in [0.4, 0.5) is 0 Å². The molecule has 7 heteroatoms. The van der Waals surface area contributed by atoms with Crippen molar-refractivity contribution in [2.45, 2.75) is 0 Å². The Kier molecular flexibility index (Phi) is 24.0. The fourth-order valence-corrected chi connectivity index (χ4v) is 0. The predicted molar refractivity (Wildman–Crippen MR) is 26.4 cm³/mol. The molecule has 0 fully saturated rings. The second-order valence-electron chi connectivity index (χ2n) is 0.772. The number of hydrogen-bond donors (Lipinski definition) is 0. The minimum atomic E-state index is -3.42. The van der Waals surface area contributed by atoms with Gasteiger partial charge in [-0.1, -0.05) is 0 Å². The van der Waals surface area contributed by atoms with E-state index >= 15 is 0 Å². The average Bonchev–Trinajstić information content (AvgIpc) is 0.722. The molecule has 0 amide bonds. The third kappa shape index (κ3) is 145. The maximum Gasteiger partial charge on any atom is 1.00 e. The first-order chi connectivity index (χ1) is 2.00. The summed E-state index contributed by atoms with van der Waals surface area (Å²) < 4.78 is 18.6. The Morgan fingerprint density at radius 2 is 1.25 bits per heavy atom. The second-order valence-corrected chi connectivity index (χ2v) is 2.32. The first-order valence-electron chi connectivity index (χ1n) is 0.946. The van der Waals surface area contributed by atoms with E-state index in [9.17, 15) is 8.42 Å². The van der Waals surface area contributed by atoms with Gasteiger partial charge in [0.2, 0.25) is 0 Å². The van der Waals surface area contributed by atoms with Crippen LogP contribution in [0.15, 0.2) is 0 Å². The Balaban J connectivity index is -0.0000000267. The van der Waals surface area contributed by atoms with Crippen molar-refractivity contribution in [1.82, 2.24) is 0 Å². The normalized spacial score (nSPS) is 7.25. The van der Waals surface area contributed by atoms with Crippen molar-refractivity contribution < 1.29 is 70.8 Å². The Morgan fingerprint density at radius 3 is 1.25 bits per heavy atom. The van der Waals surface area contributed by atoms with Crippen molar-refractivity contribution in [2.75, 3.05) is 6.26 Å². The van der Waals surface area contributed by atoms with Gasteiger partial charge in [-0.05, 0) is 0 Å². The van der Waals surface area contributed by atoms with E-state index in [0.29, 0.717) is 0 Å². The van der Waals surface area contributed by atoms with Crippen LogP contribution in [0, 0.1) is 0 Å². The molecule has 0 aromatic rings. The van der Waals surface area contributed by atoms with Gasteiger partial charge < -0.3 is 16.1 Å². The van der Waals surface area contributed by atoms with Crippen molar-refractivity contribution in [3.8, 4) is 0 Å². The number of nitrogens with one attached hydrogen (secondary N) is 1. The van der Waals surface area contributed by atoms with Gasteiger partial charge in [0, 0.05) is 6.26 Å². The molecule has 0 aliphatic heterocycles. The summed E-state index contributed by atoms with van der Waals surface area (Å²) in [6.45, 7) is 0. The third-order valence-electron chi connectivity index (χ3n) is 0. The Labute approximate surface area is 90.7 Å². The van der Waals surface area contributed by atoms with Crippen molar-refractivity contribution in [3.63, 3.8) is 0 Å². The molecule has 0 heterocycles. The molecule has 0 saturated carbocycles. The quantitative estimate of drug-likeness (QED) is 0.339. The maximum atomic E-state index is 9.30. The van der Waals surface area contributed by atoms with E-state index in [-0.39, 0.29) is 62.3 Å². The molecule has 0 spiro atoms. The van der Waals surface area contributed by atoms with Crippen LogP contribution in [0.2, 0.25) is 0 Å². The molecule has 0 aromatic carbocycles. The zero-order valence-electron chi connectivity index (χ0n) is 4.72. The molecule has 0 aliphatic carbocycles. The van der Waals surface area contributed by atoms with Crippen LogP contribution < -0.4 is 51.4 Å². The van der Waals surface area contributed by atoms with Gasteiger partial charge in [0.05, 0.1) is 10.0 Å². The standard InChI is InChI=1S/CH4NO2S.K.2H2O/c1-5(2,3)4;;;/h1H3,(H-,2,3,4);;2*1H2/q-1;+1;;. The SMILES string of the molecule is CS([NH-])(=O)=O.O.O.[K+]. The molecule has 0 rings (SSSR count).